The van der Waals surface area contributed by atoms with Crippen molar-refractivity contribution in [2.45, 2.75) is 0 Å². The fourth-order valence-electron chi connectivity index (χ4n) is 0.571. The summed E-state index contributed by atoms with van der Waals surface area (Å²) < 4.78 is 53.6. The summed E-state index contributed by atoms with van der Waals surface area (Å²) in [5, 5.41) is 0. The van der Waals surface area contributed by atoms with Gasteiger partial charge in [0.2, 0.25) is 0 Å². The fraction of sp³-hybridized carbons (Fsp3) is 0.222. The van der Waals surface area contributed by atoms with Crippen molar-refractivity contribution >= 4 is 6.29 Å². The van der Waals surface area contributed by atoms with Crippen LogP contribution >= 0.6 is 0 Å². The Hall–Kier alpha value is -1.59. The lowest BCUT2D eigenvalue weighted by atomic mass is 10.3. The molecular formula is C9H8F4O2. The first-order valence-corrected chi connectivity index (χ1v) is 3.76. The standard InChI is InChI=1S/C9H8F4O2/c1-6(15-3-2-14)9(13)8(12)4-7(11)5-10/h2,4H,1,3,5H2/b7-4+,9-8-. The van der Waals surface area contributed by atoms with Crippen LogP contribution in [0.4, 0.5) is 17.6 Å². The van der Waals surface area contributed by atoms with Crippen LogP contribution in [0.3, 0.4) is 0 Å². The van der Waals surface area contributed by atoms with Crippen LogP contribution in [0.25, 0.3) is 0 Å². The molecule has 2 nitrogen and oxygen atoms in total. The first kappa shape index (κ1) is 13.4. The lowest BCUT2D eigenvalue weighted by Gasteiger charge is -2.03. The van der Waals surface area contributed by atoms with Gasteiger partial charge in [0.1, 0.15) is 19.1 Å². The van der Waals surface area contributed by atoms with E-state index in [0.29, 0.717) is 6.29 Å². The molecule has 0 amide bonds. The van der Waals surface area contributed by atoms with Crippen LogP contribution in [0, 0.1) is 0 Å². The van der Waals surface area contributed by atoms with E-state index in [4.69, 9.17) is 0 Å². The van der Waals surface area contributed by atoms with Gasteiger partial charge in [-0.05, 0) is 0 Å². The van der Waals surface area contributed by atoms with Gasteiger partial charge in [-0.2, -0.15) is 4.39 Å². The number of allylic oxidation sites excluding steroid dienone is 4. The largest absolute Gasteiger partial charge is 0.484 e. The van der Waals surface area contributed by atoms with Gasteiger partial charge < -0.3 is 4.74 Å². The molecule has 84 valence electrons. The maximum Gasteiger partial charge on any atom is 0.200 e. The van der Waals surface area contributed by atoms with E-state index < -0.39 is 36.5 Å². The number of hydrogen-bond acceptors (Lipinski definition) is 2. The lowest BCUT2D eigenvalue weighted by molar-refractivity contribution is -0.110. The van der Waals surface area contributed by atoms with Crippen LogP contribution < -0.4 is 0 Å². The summed E-state index contributed by atoms with van der Waals surface area (Å²) in [5.74, 6) is -5.46. The summed E-state index contributed by atoms with van der Waals surface area (Å²) in [5.41, 5.74) is 0. The number of alkyl halides is 1. The molecule has 0 radical (unpaired) electrons. The number of carbonyl (C=O) groups is 1. The van der Waals surface area contributed by atoms with Crippen molar-refractivity contribution in [1.29, 1.82) is 0 Å². The van der Waals surface area contributed by atoms with Crippen molar-refractivity contribution < 1.29 is 27.1 Å². The zero-order chi connectivity index (χ0) is 11.8. The predicted molar refractivity (Wildman–Crippen MR) is 45.6 cm³/mol. The Morgan fingerprint density at radius 2 is 1.93 bits per heavy atom. The summed E-state index contributed by atoms with van der Waals surface area (Å²) >= 11 is 0. The van der Waals surface area contributed by atoms with Crippen LogP contribution in [0.1, 0.15) is 0 Å². The molecule has 0 saturated heterocycles. The number of carbonyl (C=O) groups excluding carboxylic acids is 1. The molecule has 0 aromatic heterocycles. The summed E-state index contributed by atoms with van der Waals surface area (Å²) in [6, 6.07) is 0. The van der Waals surface area contributed by atoms with Crippen molar-refractivity contribution in [2.75, 3.05) is 13.3 Å². The molecular weight excluding hydrogens is 216 g/mol. The second kappa shape index (κ2) is 6.80. The number of rotatable bonds is 6. The summed E-state index contributed by atoms with van der Waals surface area (Å²) in [6.45, 7) is 0.902. The minimum atomic E-state index is -1.65. The molecule has 0 fully saturated rings. The molecule has 0 aromatic carbocycles. The van der Waals surface area contributed by atoms with Crippen molar-refractivity contribution in [3.05, 3.63) is 35.9 Å². The maximum atomic E-state index is 12.8. The highest BCUT2D eigenvalue weighted by molar-refractivity contribution is 5.51. The van der Waals surface area contributed by atoms with Gasteiger partial charge in [0.05, 0.1) is 0 Å². The van der Waals surface area contributed by atoms with Crippen LogP contribution in [0.5, 0.6) is 0 Å². The molecule has 15 heavy (non-hydrogen) atoms. The second-order valence-corrected chi connectivity index (χ2v) is 2.29. The van der Waals surface area contributed by atoms with E-state index >= 15 is 0 Å². The molecule has 0 saturated carbocycles. The zero-order valence-electron chi connectivity index (χ0n) is 7.60. The van der Waals surface area contributed by atoms with Gasteiger partial charge in [-0.3, -0.25) is 4.79 Å². The molecule has 6 heteroatoms. The molecule has 0 aromatic rings. The van der Waals surface area contributed by atoms with E-state index in [1.54, 1.807) is 0 Å². The highest BCUT2D eigenvalue weighted by atomic mass is 19.2. The van der Waals surface area contributed by atoms with Crippen LogP contribution in [0.2, 0.25) is 0 Å². The topological polar surface area (TPSA) is 26.3 Å². The normalized spacial score (nSPS) is 13.2. The third kappa shape index (κ3) is 4.99. The average Bonchev–Trinajstić information content (AvgIpc) is 2.24. The Balaban J connectivity index is 4.63. The molecule has 0 aliphatic heterocycles. The molecule has 0 spiro atoms. The Morgan fingerprint density at radius 3 is 2.40 bits per heavy atom. The van der Waals surface area contributed by atoms with Crippen molar-refractivity contribution in [3.8, 4) is 0 Å². The maximum absolute atomic E-state index is 12.8. The van der Waals surface area contributed by atoms with Gasteiger partial charge in [-0.25, -0.2) is 13.2 Å². The zero-order valence-corrected chi connectivity index (χ0v) is 7.60. The number of hydrogen-bond donors (Lipinski definition) is 0. The molecule has 0 heterocycles. The highest BCUT2D eigenvalue weighted by Crippen LogP contribution is 2.19. The Labute approximate surface area is 83.5 Å². The van der Waals surface area contributed by atoms with Gasteiger partial charge in [-0.1, -0.05) is 6.58 Å². The molecule has 0 aliphatic carbocycles. The van der Waals surface area contributed by atoms with Crippen molar-refractivity contribution in [3.63, 3.8) is 0 Å². The first-order valence-electron chi connectivity index (χ1n) is 3.76. The molecule has 0 atom stereocenters. The van der Waals surface area contributed by atoms with Crippen LogP contribution in [-0.4, -0.2) is 19.6 Å². The summed E-state index contributed by atoms with van der Waals surface area (Å²) in [6.07, 6.45) is 0.332. The predicted octanol–water partition coefficient (Wildman–Crippen LogP) is 2.69. The average molecular weight is 224 g/mol. The van der Waals surface area contributed by atoms with Gasteiger partial charge in [-0.15, -0.1) is 0 Å². The van der Waals surface area contributed by atoms with Crippen LogP contribution in [-0.2, 0) is 9.53 Å². The van der Waals surface area contributed by atoms with E-state index in [1.165, 1.54) is 0 Å². The van der Waals surface area contributed by atoms with Gasteiger partial charge >= 0.3 is 0 Å². The second-order valence-electron chi connectivity index (χ2n) is 2.29. The SMILES string of the molecule is C=C(OCC=O)/C(F)=C(F)\C=C(\F)CF. The number of ether oxygens (including phenoxy) is 1. The lowest BCUT2D eigenvalue weighted by Crippen LogP contribution is -1.96. The number of halogens is 4. The highest BCUT2D eigenvalue weighted by Gasteiger charge is 2.10. The van der Waals surface area contributed by atoms with E-state index in [9.17, 15) is 22.4 Å². The Kier molecular flexibility index (Phi) is 6.08. The van der Waals surface area contributed by atoms with Crippen LogP contribution in [0.15, 0.2) is 35.9 Å². The molecule has 0 unspecified atom stereocenters. The van der Waals surface area contributed by atoms with E-state index in [-0.39, 0.29) is 6.08 Å². The number of aldehydes is 1. The van der Waals surface area contributed by atoms with E-state index in [2.05, 4.69) is 11.3 Å². The molecule has 0 aliphatic rings. The first-order chi connectivity index (χ1) is 7.02. The fourth-order valence-corrected chi connectivity index (χ4v) is 0.571. The van der Waals surface area contributed by atoms with Crippen molar-refractivity contribution in [2.24, 2.45) is 0 Å². The van der Waals surface area contributed by atoms with Gasteiger partial charge in [0, 0.05) is 6.08 Å². The Morgan fingerprint density at radius 1 is 1.33 bits per heavy atom. The smallest absolute Gasteiger partial charge is 0.200 e. The molecule has 0 rings (SSSR count). The van der Waals surface area contributed by atoms with Gasteiger partial charge in [0.15, 0.2) is 23.7 Å². The minimum Gasteiger partial charge on any atom is -0.484 e. The summed E-state index contributed by atoms with van der Waals surface area (Å²) in [7, 11) is 0. The van der Waals surface area contributed by atoms with Crippen molar-refractivity contribution in [1.82, 2.24) is 0 Å². The third-order valence-electron chi connectivity index (χ3n) is 1.19. The monoisotopic (exact) mass is 224 g/mol. The Bertz CT molecular complexity index is 307. The minimum absolute atomic E-state index is 0.0325. The quantitative estimate of drug-likeness (QED) is 0.300. The molecule has 0 N–H and O–H groups in total. The van der Waals surface area contributed by atoms with E-state index in [0.717, 1.165) is 0 Å². The molecule has 0 bridgehead atoms. The summed E-state index contributed by atoms with van der Waals surface area (Å²) in [4.78, 5) is 9.81. The third-order valence-corrected chi connectivity index (χ3v) is 1.19. The van der Waals surface area contributed by atoms with Gasteiger partial charge in [0.25, 0.3) is 0 Å². The van der Waals surface area contributed by atoms with E-state index in [1.807, 2.05) is 0 Å².